The summed E-state index contributed by atoms with van der Waals surface area (Å²) in [4.78, 5) is 4.77. The van der Waals surface area contributed by atoms with Crippen molar-refractivity contribution in [3.8, 4) is 11.5 Å². The Morgan fingerprint density at radius 3 is 2.24 bits per heavy atom. The molecule has 1 aliphatic heterocycles. The van der Waals surface area contributed by atoms with Gasteiger partial charge in [-0.3, -0.25) is 0 Å². The molecule has 0 bridgehead atoms. The van der Waals surface area contributed by atoms with Crippen LogP contribution in [0.3, 0.4) is 0 Å². The van der Waals surface area contributed by atoms with Crippen LogP contribution in [0.5, 0.6) is 11.5 Å². The third kappa shape index (κ3) is 3.87. The summed E-state index contributed by atoms with van der Waals surface area (Å²) >= 11 is 0. The first-order chi connectivity index (χ1) is 11.7. The minimum Gasteiger partial charge on any atom is -0.453 e. The first-order valence-corrected chi connectivity index (χ1v) is 8.18. The van der Waals surface area contributed by atoms with E-state index in [1.165, 1.54) is 7.05 Å². The molecule has 0 atom stereocenters. The lowest BCUT2D eigenvalue weighted by atomic mass is 10.1. The van der Waals surface area contributed by atoms with Gasteiger partial charge in [0.25, 0.3) is 0 Å². The van der Waals surface area contributed by atoms with Gasteiger partial charge in [-0.05, 0) is 48.3 Å². The molecule has 4 nitrogen and oxygen atoms in total. The molecule has 0 saturated heterocycles. The molecule has 1 aliphatic rings. The molecule has 3 aromatic rings. The van der Waals surface area contributed by atoms with Crippen molar-refractivity contribution in [3.63, 3.8) is 0 Å². The minimum atomic E-state index is 0. The molecule has 0 aliphatic carbocycles. The molecule has 0 aromatic heterocycles. The summed E-state index contributed by atoms with van der Waals surface area (Å²) in [5.41, 5.74) is 6.54. The number of fused-ring (bicyclic) bond motifs is 4. The van der Waals surface area contributed by atoms with Crippen LogP contribution >= 0.6 is 0 Å². The summed E-state index contributed by atoms with van der Waals surface area (Å²) in [6, 6.07) is 16.2. The predicted octanol–water partition coefficient (Wildman–Crippen LogP) is 3.39. The van der Waals surface area contributed by atoms with Crippen molar-refractivity contribution in [3.05, 3.63) is 64.7 Å². The zero-order valence-corrected chi connectivity index (χ0v) is 15.3. The molecule has 0 amide bonds. The van der Waals surface area contributed by atoms with Gasteiger partial charge in [0, 0.05) is 5.39 Å². The van der Waals surface area contributed by atoms with E-state index in [1.54, 1.807) is 0 Å². The molecule has 3 aromatic carbocycles. The Morgan fingerprint density at radius 2 is 1.56 bits per heavy atom. The molecule has 0 unspecified atom stereocenters. The number of aryl methyl sites for hydroxylation is 1. The summed E-state index contributed by atoms with van der Waals surface area (Å²) in [7, 11) is 1.50. The average Bonchev–Trinajstić information content (AvgIpc) is 2.64. The van der Waals surface area contributed by atoms with Crippen LogP contribution in [-0.2, 0) is 0 Å². The van der Waals surface area contributed by atoms with Gasteiger partial charge in [0.2, 0.25) is 0 Å². The summed E-state index contributed by atoms with van der Waals surface area (Å²) in [5, 5.41) is 4.06. The Morgan fingerprint density at radius 1 is 0.920 bits per heavy atom. The van der Waals surface area contributed by atoms with Gasteiger partial charge in [-0.2, -0.15) is 0 Å². The Hall–Kier alpha value is -2.69. The molecule has 1 heterocycles. The largest absolute Gasteiger partial charge is 0.453 e. The molecule has 132 valence electrons. The van der Waals surface area contributed by atoms with E-state index >= 15 is 0 Å². The van der Waals surface area contributed by atoms with Crippen LogP contribution < -0.4 is 21.0 Å². The normalized spacial score (nSPS) is 10.3. The lowest BCUT2D eigenvalue weighted by Gasteiger charge is -2.16. The summed E-state index contributed by atoms with van der Waals surface area (Å²) in [6.07, 6.45) is 0. The smallest absolute Gasteiger partial charge is 0.154 e. The SMILES string of the molecule is C=c1cc2c(c3ccccc13)=Nc1ccc(C)cc1O2.CC.CN.O. The minimum absolute atomic E-state index is 0. The van der Waals surface area contributed by atoms with E-state index in [-0.39, 0.29) is 5.48 Å². The third-order valence-electron chi connectivity index (χ3n) is 3.63. The first-order valence-electron chi connectivity index (χ1n) is 8.18. The number of ether oxygens (including phenoxy) is 1. The van der Waals surface area contributed by atoms with E-state index < -0.39 is 0 Å². The fraction of sp³-hybridized carbons (Fsp3) is 0.190. The maximum absolute atomic E-state index is 6.01. The Kier molecular flexibility index (Phi) is 7.30. The van der Waals surface area contributed by atoms with Crippen molar-refractivity contribution in [1.29, 1.82) is 0 Å². The molecule has 0 fully saturated rings. The van der Waals surface area contributed by atoms with E-state index in [4.69, 9.17) is 9.73 Å². The van der Waals surface area contributed by atoms with Gasteiger partial charge in [0.1, 0.15) is 11.0 Å². The predicted molar refractivity (Wildman–Crippen MR) is 106 cm³/mol. The highest BCUT2D eigenvalue weighted by molar-refractivity contribution is 5.85. The van der Waals surface area contributed by atoms with Gasteiger partial charge in [-0.15, -0.1) is 0 Å². The van der Waals surface area contributed by atoms with Crippen LogP contribution in [0.15, 0.2) is 53.5 Å². The monoisotopic (exact) mass is 338 g/mol. The van der Waals surface area contributed by atoms with E-state index in [0.717, 1.165) is 44.1 Å². The fourth-order valence-electron chi connectivity index (χ4n) is 2.63. The second kappa shape index (κ2) is 8.97. The number of hydrogen-bond donors (Lipinski definition) is 1. The highest BCUT2D eigenvalue weighted by Gasteiger charge is 2.14. The first kappa shape index (κ1) is 20.4. The van der Waals surface area contributed by atoms with Gasteiger partial charge >= 0.3 is 0 Å². The zero-order chi connectivity index (χ0) is 17.7. The molecule has 0 saturated carbocycles. The van der Waals surface area contributed by atoms with Crippen molar-refractivity contribution in [2.75, 3.05) is 7.05 Å². The second-order valence-electron chi connectivity index (χ2n) is 5.11. The Bertz CT molecular complexity index is 966. The van der Waals surface area contributed by atoms with Crippen molar-refractivity contribution in [2.45, 2.75) is 20.8 Å². The van der Waals surface area contributed by atoms with Crippen LogP contribution in [-0.4, -0.2) is 12.5 Å². The average molecular weight is 338 g/mol. The van der Waals surface area contributed by atoms with E-state index in [0.29, 0.717) is 0 Å². The van der Waals surface area contributed by atoms with E-state index in [9.17, 15) is 0 Å². The van der Waals surface area contributed by atoms with Gasteiger partial charge in [0.15, 0.2) is 11.5 Å². The third-order valence-corrected chi connectivity index (χ3v) is 3.63. The van der Waals surface area contributed by atoms with Gasteiger partial charge in [-0.1, -0.05) is 50.8 Å². The van der Waals surface area contributed by atoms with E-state index in [2.05, 4.69) is 30.5 Å². The molecule has 4 N–H and O–H groups in total. The van der Waals surface area contributed by atoms with Crippen LogP contribution in [0, 0.1) is 6.92 Å². The van der Waals surface area contributed by atoms with Crippen LogP contribution in [0.2, 0.25) is 0 Å². The number of nitrogens with zero attached hydrogens (tertiary/aromatic N) is 1. The topological polar surface area (TPSA) is 79.1 Å². The van der Waals surface area contributed by atoms with Crippen molar-refractivity contribution in [1.82, 2.24) is 0 Å². The lowest BCUT2D eigenvalue weighted by Crippen LogP contribution is -2.16. The van der Waals surface area contributed by atoms with Crippen LogP contribution in [0.25, 0.3) is 17.4 Å². The molecule has 25 heavy (non-hydrogen) atoms. The van der Waals surface area contributed by atoms with Gasteiger partial charge < -0.3 is 15.9 Å². The maximum atomic E-state index is 6.01. The van der Waals surface area contributed by atoms with Crippen molar-refractivity contribution >= 4 is 23.0 Å². The number of nitrogens with two attached hydrogens (primary N) is 1. The van der Waals surface area contributed by atoms with Crippen LogP contribution in [0.4, 0.5) is 5.69 Å². The Labute approximate surface area is 148 Å². The molecule has 0 radical (unpaired) electrons. The number of hydrogen-bond acceptors (Lipinski definition) is 3. The van der Waals surface area contributed by atoms with Crippen LogP contribution in [0.1, 0.15) is 19.4 Å². The van der Waals surface area contributed by atoms with Crippen molar-refractivity contribution in [2.24, 2.45) is 10.7 Å². The van der Waals surface area contributed by atoms with Gasteiger partial charge in [-0.25, -0.2) is 4.99 Å². The second-order valence-corrected chi connectivity index (χ2v) is 5.11. The quantitative estimate of drug-likeness (QED) is 0.533. The van der Waals surface area contributed by atoms with Crippen molar-refractivity contribution < 1.29 is 10.2 Å². The highest BCUT2D eigenvalue weighted by atomic mass is 16.5. The zero-order valence-electron chi connectivity index (χ0n) is 15.3. The molecule has 4 heteroatoms. The lowest BCUT2D eigenvalue weighted by molar-refractivity contribution is 0.470. The fourth-order valence-corrected chi connectivity index (χ4v) is 2.63. The maximum Gasteiger partial charge on any atom is 0.154 e. The molecule has 0 spiro atoms. The number of benzene rings is 3. The molecular weight excluding hydrogens is 312 g/mol. The Balaban J connectivity index is 0.000000586. The van der Waals surface area contributed by atoms with E-state index in [1.807, 2.05) is 51.1 Å². The summed E-state index contributed by atoms with van der Waals surface area (Å²) < 4.78 is 6.01. The summed E-state index contributed by atoms with van der Waals surface area (Å²) in [5.74, 6) is 1.60. The molecular formula is C21H26N2O2. The number of rotatable bonds is 0. The standard InChI is InChI=1S/C18H13NO.C2H6.CH5N.H2O/c1-11-7-8-15-16(9-11)20-17-10-12(2)13-5-3-4-6-14(13)18(17)19-15;2*1-2;/h3-10H,2H2,1H3;1-2H3;2H2,1H3;1H2. The summed E-state index contributed by atoms with van der Waals surface area (Å²) in [6.45, 7) is 10.2. The molecule has 4 rings (SSSR count). The van der Waals surface area contributed by atoms with Gasteiger partial charge in [0.05, 0.1) is 0 Å². The highest BCUT2D eigenvalue weighted by Crippen LogP contribution is 2.34.